The number of amides is 2. The summed E-state index contributed by atoms with van der Waals surface area (Å²) in [5.74, 6) is 0.208. The number of carbonyl (C=O) groups excluding carboxylic acids is 2. The molecule has 3 rings (SSSR count). The Morgan fingerprint density at radius 2 is 1.83 bits per heavy atom. The fraction of sp³-hybridized carbons (Fsp3) is 0.722. The fourth-order valence-electron chi connectivity index (χ4n) is 3.60. The largest absolute Gasteiger partial charge is 0.354 e. The molecule has 6 heteroatoms. The van der Waals surface area contributed by atoms with Gasteiger partial charge in [-0.2, -0.15) is 0 Å². The Bertz CT molecular complexity index is 580. The van der Waals surface area contributed by atoms with E-state index in [0.29, 0.717) is 5.01 Å². The molecule has 132 valence electrons. The van der Waals surface area contributed by atoms with E-state index in [9.17, 15) is 9.59 Å². The minimum atomic E-state index is -0.0375. The van der Waals surface area contributed by atoms with Crippen LogP contribution in [0.4, 0.5) is 0 Å². The molecule has 1 saturated carbocycles. The molecule has 5 nitrogen and oxygen atoms in total. The average Bonchev–Trinajstić information content (AvgIpc) is 2.99. The number of nitrogens with one attached hydrogen (secondary N) is 2. The third-order valence-corrected chi connectivity index (χ3v) is 6.06. The Kier molecular flexibility index (Phi) is 5.54. The zero-order valence-electron chi connectivity index (χ0n) is 14.6. The first-order valence-corrected chi connectivity index (χ1v) is 9.94. The minimum absolute atomic E-state index is 0.0375. The average molecular weight is 350 g/mol. The van der Waals surface area contributed by atoms with E-state index in [-0.39, 0.29) is 29.8 Å². The number of hydrogen-bond acceptors (Lipinski definition) is 4. The summed E-state index contributed by atoms with van der Waals surface area (Å²) in [5, 5.41) is 6.72. The van der Waals surface area contributed by atoms with Crippen molar-refractivity contribution >= 4 is 23.2 Å². The molecule has 2 aliphatic carbocycles. The van der Waals surface area contributed by atoms with Gasteiger partial charge in [-0.3, -0.25) is 9.59 Å². The number of aromatic nitrogens is 1. The van der Waals surface area contributed by atoms with E-state index in [1.165, 1.54) is 17.7 Å². The lowest BCUT2D eigenvalue weighted by Gasteiger charge is -2.28. The molecular weight excluding hydrogens is 322 g/mol. The van der Waals surface area contributed by atoms with Crippen molar-refractivity contribution in [3.8, 4) is 0 Å². The van der Waals surface area contributed by atoms with Crippen LogP contribution in [0.2, 0.25) is 0 Å². The zero-order chi connectivity index (χ0) is 17.1. The van der Waals surface area contributed by atoms with Gasteiger partial charge >= 0.3 is 0 Å². The third kappa shape index (κ3) is 4.15. The van der Waals surface area contributed by atoms with Crippen LogP contribution in [-0.2, 0) is 17.6 Å². The summed E-state index contributed by atoms with van der Waals surface area (Å²) in [6.07, 6.45) is 7.89. The fourth-order valence-corrected chi connectivity index (χ4v) is 4.65. The summed E-state index contributed by atoms with van der Waals surface area (Å²) in [5.41, 5.74) is 1.13. The number of thiazole rings is 1. The predicted molar refractivity (Wildman–Crippen MR) is 95.2 cm³/mol. The van der Waals surface area contributed by atoms with Crippen molar-refractivity contribution in [3.63, 3.8) is 0 Å². The van der Waals surface area contributed by atoms with Crippen LogP contribution in [0.3, 0.4) is 0 Å². The van der Waals surface area contributed by atoms with Gasteiger partial charge in [0.2, 0.25) is 5.91 Å². The van der Waals surface area contributed by atoms with Gasteiger partial charge in [0.25, 0.3) is 5.91 Å². The Morgan fingerprint density at radius 3 is 2.50 bits per heavy atom. The van der Waals surface area contributed by atoms with E-state index >= 15 is 0 Å². The van der Waals surface area contributed by atoms with Crippen LogP contribution >= 0.6 is 11.3 Å². The third-order valence-electron chi connectivity index (χ3n) is 4.90. The molecule has 0 spiro atoms. The highest BCUT2D eigenvalue weighted by molar-refractivity contribution is 7.13. The molecule has 1 fully saturated rings. The second-order valence-corrected chi connectivity index (χ2v) is 8.36. The van der Waals surface area contributed by atoms with Crippen molar-refractivity contribution < 1.29 is 9.59 Å². The Balaban J connectivity index is 1.50. The smallest absolute Gasteiger partial charge is 0.280 e. The van der Waals surface area contributed by atoms with Crippen molar-refractivity contribution in [2.45, 2.75) is 77.3 Å². The summed E-state index contributed by atoms with van der Waals surface area (Å²) in [6, 6.07) is 0.354. The summed E-state index contributed by atoms with van der Waals surface area (Å²) in [6.45, 7) is 3.97. The van der Waals surface area contributed by atoms with E-state index in [1.54, 1.807) is 11.3 Å². The summed E-state index contributed by atoms with van der Waals surface area (Å²) >= 11 is 1.56. The number of fused-ring (bicyclic) bond motifs is 1. The van der Waals surface area contributed by atoms with Gasteiger partial charge in [0.1, 0.15) is 0 Å². The van der Waals surface area contributed by atoms with Gasteiger partial charge in [0.05, 0.1) is 5.69 Å². The van der Waals surface area contributed by atoms with E-state index in [0.717, 1.165) is 44.2 Å². The van der Waals surface area contributed by atoms with Gasteiger partial charge in [-0.1, -0.05) is 0 Å². The molecule has 0 bridgehead atoms. The SMILES string of the molecule is CC(C)NC(=O)C1CCC(NC(=O)c2nc3c(s2)CCCC3)CC1. The predicted octanol–water partition coefficient (Wildman–Crippen LogP) is 2.84. The number of rotatable bonds is 4. The minimum Gasteiger partial charge on any atom is -0.354 e. The van der Waals surface area contributed by atoms with Crippen LogP contribution in [-0.4, -0.2) is 28.9 Å². The van der Waals surface area contributed by atoms with E-state index in [4.69, 9.17) is 0 Å². The van der Waals surface area contributed by atoms with Crippen molar-refractivity contribution in [1.29, 1.82) is 0 Å². The molecule has 1 aromatic rings. The highest BCUT2D eigenvalue weighted by Gasteiger charge is 2.28. The van der Waals surface area contributed by atoms with Gasteiger partial charge in [0, 0.05) is 22.9 Å². The first kappa shape index (κ1) is 17.4. The highest BCUT2D eigenvalue weighted by Crippen LogP contribution is 2.28. The molecule has 0 aliphatic heterocycles. The van der Waals surface area contributed by atoms with Crippen LogP contribution in [0.1, 0.15) is 72.7 Å². The second kappa shape index (κ2) is 7.64. The van der Waals surface area contributed by atoms with E-state index < -0.39 is 0 Å². The van der Waals surface area contributed by atoms with Crippen LogP contribution in [0.15, 0.2) is 0 Å². The van der Waals surface area contributed by atoms with Crippen molar-refractivity contribution in [2.24, 2.45) is 5.92 Å². The quantitative estimate of drug-likeness (QED) is 0.878. The van der Waals surface area contributed by atoms with Gasteiger partial charge in [0.15, 0.2) is 5.01 Å². The summed E-state index contributed by atoms with van der Waals surface area (Å²) in [7, 11) is 0. The summed E-state index contributed by atoms with van der Waals surface area (Å²) < 4.78 is 0. The van der Waals surface area contributed by atoms with Gasteiger partial charge in [-0.15, -0.1) is 11.3 Å². The van der Waals surface area contributed by atoms with Crippen molar-refractivity contribution in [3.05, 3.63) is 15.6 Å². The lowest BCUT2D eigenvalue weighted by Crippen LogP contribution is -2.42. The lowest BCUT2D eigenvalue weighted by atomic mass is 9.85. The molecule has 1 heterocycles. The van der Waals surface area contributed by atoms with Crippen LogP contribution in [0.25, 0.3) is 0 Å². The van der Waals surface area contributed by atoms with Crippen LogP contribution < -0.4 is 10.6 Å². The van der Waals surface area contributed by atoms with Crippen molar-refractivity contribution in [2.75, 3.05) is 0 Å². The van der Waals surface area contributed by atoms with Crippen LogP contribution in [0.5, 0.6) is 0 Å². The number of nitrogens with zero attached hydrogens (tertiary/aromatic N) is 1. The van der Waals surface area contributed by atoms with E-state index in [1.807, 2.05) is 13.8 Å². The van der Waals surface area contributed by atoms with Gasteiger partial charge in [-0.05, 0) is 65.2 Å². The standard InChI is InChI=1S/C18H27N3O2S/c1-11(2)19-16(22)12-7-9-13(10-8-12)20-17(23)18-21-14-5-3-4-6-15(14)24-18/h11-13H,3-10H2,1-2H3,(H,19,22)(H,20,23). The molecule has 2 aliphatic rings. The monoisotopic (exact) mass is 349 g/mol. The number of aryl methyl sites for hydroxylation is 2. The molecule has 0 atom stereocenters. The maximum absolute atomic E-state index is 12.4. The van der Waals surface area contributed by atoms with Crippen molar-refractivity contribution in [1.82, 2.24) is 15.6 Å². The highest BCUT2D eigenvalue weighted by atomic mass is 32.1. The maximum Gasteiger partial charge on any atom is 0.280 e. The lowest BCUT2D eigenvalue weighted by molar-refractivity contribution is -0.126. The molecule has 0 unspecified atom stereocenters. The molecule has 2 amide bonds. The first-order chi connectivity index (χ1) is 11.5. The topological polar surface area (TPSA) is 71.1 Å². The normalized spacial score (nSPS) is 23.6. The van der Waals surface area contributed by atoms with E-state index in [2.05, 4.69) is 15.6 Å². The first-order valence-electron chi connectivity index (χ1n) is 9.12. The Hall–Kier alpha value is -1.43. The van der Waals surface area contributed by atoms with Crippen LogP contribution in [0, 0.1) is 5.92 Å². The molecule has 0 saturated heterocycles. The molecule has 2 N–H and O–H groups in total. The number of carbonyl (C=O) groups is 2. The molecule has 24 heavy (non-hydrogen) atoms. The van der Waals surface area contributed by atoms with Gasteiger partial charge < -0.3 is 10.6 Å². The molecule has 1 aromatic heterocycles. The Labute approximate surface area is 147 Å². The summed E-state index contributed by atoms with van der Waals surface area (Å²) in [4.78, 5) is 30.3. The molecule has 0 radical (unpaired) electrons. The zero-order valence-corrected chi connectivity index (χ0v) is 15.4. The number of hydrogen-bond donors (Lipinski definition) is 2. The maximum atomic E-state index is 12.4. The second-order valence-electron chi connectivity index (χ2n) is 7.28. The van der Waals surface area contributed by atoms with Gasteiger partial charge in [-0.25, -0.2) is 4.98 Å². The molecular formula is C18H27N3O2S. The molecule has 0 aromatic carbocycles. The Morgan fingerprint density at radius 1 is 1.12 bits per heavy atom.